The van der Waals surface area contributed by atoms with Crippen molar-refractivity contribution in [2.24, 2.45) is 0 Å². The Kier molecular flexibility index (Phi) is 6.18. The largest absolute Gasteiger partial charge is 0.482 e. The Balaban J connectivity index is 1.38. The third-order valence-electron chi connectivity index (χ3n) is 4.33. The van der Waals surface area contributed by atoms with E-state index in [-0.39, 0.29) is 12.5 Å². The fourth-order valence-electron chi connectivity index (χ4n) is 3.10. The number of nitrogens with one attached hydrogen (secondary N) is 1. The molecule has 0 saturated carbocycles. The quantitative estimate of drug-likeness (QED) is 0.768. The van der Waals surface area contributed by atoms with Gasteiger partial charge in [0, 0.05) is 25.3 Å². The number of para-hydroxylation sites is 2. The summed E-state index contributed by atoms with van der Waals surface area (Å²) in [6.45, 7) is 2.66. The molecule has 0 aliphatic carbocycles. The molecular formula is C20H23ClN2O2. The lowest BCUT2D eigenvalue weighted by molar-refractivity contribution is -0.123. The molecule has 2 aromatic carbocycles. The molecule has 5 heteroatoms. The number of amides is 1. The lowest BCUT2D eigenvalue weighted by Crippen LogP contribution is -2.34. The minimum absolute atomic E-state index is 0.0176. The Morgan fingerprint density at radius 3 is 2.84 bits per heavy atom. The van der Waals surface area contributed by atoms with Crippen LogP contribution in [0.25, 0.3) is 0 Å². The molecule has 1 aliphatic heterocycles. The molecule has 0 aromatic heterocycles. The van der Waals surface area contributed by atoms with Gasteiger partial charge in [-0.3, -0.25) is 4.79 Å². The Morgan fingerprint density at radius 2 is 1.96 bits per heavy atom. The average molecular weight is 359 g/mol. The van der Waals surface area contributed by atoms with Crippen molar-refractivity contribution in [2.45, 2.75) is 19.3 Å². The van der Waals surface area contributed by atoms with Gasteiger partial charge in [-0.15, -0.1) is 0 Å². The van der Waals surface area contributed by atoms with E-state index in [0.29, 0.717) is 17.3 Å². The summed E-state index contributed by atoms with van der Waals surface area (Å²) >= 11 is 6.00. The normalized spacial score (nSPS) is 13.2. The van der Waals surface area contributed by atoms with Gasteiger partial charge in [-0.25, -0.2) is 0 Å². The number of carbonyl (C=O) groups is 1. The smallest absolute Gasteiger partial charge is 0.257 e. The Bertz CT molecular complexity index is 720. The van der Waals surface area contributed by atoms with Gasteiger partial charge in [0.15, 0.2) is 6.61 Å². The molecule has 0 fully saturated rings. The van der Waals surface area contributed by atoms with Gasteiger partial charge >= 0.3 is 0 Å². The van der Waals surface area contributed by atoms with Crippen LogP contribution in [0.2, 0.25) is 5.02 Å². The molecule has 4 nitrogen and oxygen atoms in total. The molecule has 0 bridgehead atoms. The van der Waals surface area contributed by atoms with Crippen LogP contribution < -0.4 is 15.0 Å². The monoisotopic (exact) mass is 358 g/mol. The zero-order valence-electron chi connectivity index (χ0n) is 14.2. The highest BCUT2D eigenvalue weighted by Crippen LogP contribution is 2.26. The van der Waals surface area contributed by atoms with Crippen molar-refractivity contribution in [1.29, 1.82) is 0 Å². The number of carbonyl (C=O) groups excluding carboxylic acids is 1. The summed E-state index contributed by atoms with van der Waals surface area (Å²) in [5, 5.41) is 3.42. The van der Waals surface area contributed by atoms with Gasteiger partial charge in [-0.1, -0.05) is 41.9 Å². The molecule has 1 amide bonds. The second-order valence-electron chi connectivity index (χ2n) is 6.14. The van der Waals surface area contributed by atoms with E-state index in [4.69, 9.17) is 16.3 Å². The van der Waals surface area contributed by atoms with E-state index < -0.39 is 0 Å². The fourth-order valence-corrected chi connectivity index (χ4v) is 3.29. The number of anilines is 1. The number of fused-ring (bicyclic) bond motifs is 1. The summed E-state index contributed by atoms with van der Waals surface area (Å²) in [6.07, 6.45) is 3.25. The number of ether oxygens (including phenoxy) is 1. The van der Waals surface area contributed by atoms with E-state index in [9.17, 15) is 4.79 Å². The summed E-state index contributed by atoms with van der Waals surface area (Å²) < 4.78 is 5.44. The summed E-state index contributed by atoms with van der Waals surface area (Å²) in [5.41, 5.74) is 2.76. The molecule has 2 aromatic rings. The molecule has 0 atom stereocenters. The zero-order valence-corrected chi connectivity index (χ0v) is 15.0. The first-order valence-electron chi connectivity index (χ1n) is 8.71. The Hall–Kier alpha value is -2.20. The Morgan fingerprint density at radius 1 is 1.16 bits per heavy atom. The predicted molar refractivity (Wildman–Crippen MR) is 102 cm³/mol. The van der Waals surface area contributed by atoms with Crippen molar-refractivity contribution in [3.63, 3.8) is 0 Å². The number of nitrogens with zero attached hydrogens (tertiary/aromatic N) is 1. The summed E-state index contributed by atoms with van der Waals surface area (Å²) in [4.78, 5) is 14.3. The van der Waals surface area contributed by atoms with Crippen LogP contribution in [0.15, 0.2) is 48.5 Å². The van der Waals surface area contributed by atoms with Crippen LogP contribution in [0, 0.1) is 0 Å². The van der Waals surface area contributed by atoms with Gasteiger partial charge in [0.05, 0.1) is 5.02 Å². The minimum atomic E-state index is -0.126. The van der Waals surface area contributed by atoms with Crippen LogP contribution in [-0.4, -0.2) is 32.1 Å². The van der Waals surface area contributed by atoms with Gasteiger partial charge in [0.1, 0.15) is 5.75 Å². The van der Waals surface area contributed by atoms with Gasteiger partial charge < -0.3 is 15.0 Å². The minimum Gasteiger partial charge on any atom is -0.482 e. The molecule has 0 radical (unpaired) electrons. The van der Waals surface area contributed by atoms with E-state index in [1.54, 1.807) is 12.1 Å². The highest BCUT2D eigenvalue weighted by atomic mass is 35.5. The lowest BCUT2D eigenvalue weighted by atomic mass is 10.0. The third kappa shape index (κ3) is 4.89. The van der Waals surface area contributed by atoms with E-state index in [0.717, 1.165) is 25.9 Å². The van der Waals surface area contributed by atoms with Gasteiger partial charge in [-0.05, 0) is 43.0 Å². The van der Waals surface area contributed by atoms with E-state index in [1.807, 2.05) is 12.1 Å². The number of hydrogen-bond acceptors (Lipinski definition) is 3. The van der Waals surface area contributed by atoms with Crippen LogP contribution in [0.5, 0.6) is 5.75 Å². The molecule has 0 unspecified atom stereocenters. The van der Waals surface area contributed by atoms with Gasteiger partial charge in [-0.2, -0.15) is 0 Å². The summed E-state index contributed by atoms with van der Waals surface area (Å²) in [7, 11) is 0. The topological polar surface area (TPSA) is 41.6 Å². The van der Waals surface area contributed by atoms with Crippen molar-refractivity contribution in [2.75, 3.05) is 31.1 Å². The first-order chi connectivity index (χ1) is 12.2. The van der Waals surface area contributed by atoms with Crippen LogP contribution in [0.3, 0.4) is 0 Å². The molecule has 0 spiro atoms. The maximum absolute atomic E-state index is 11.9. The zero-order chi connectivity index (χ0) is 17.5. The predicted octanol–water partition coefficient (Wildman–Crippen LogP) is 3.68. The van der Waals surface area contributed by atoms with Crippen molar-refractivity contribution in [1.82, 2.24) is 5.32 Å². The number of hydrogen-bond donors (Lipinski definition) is 1. The first-order valence-corrected chi connectivity index (χ1v) is 9.09. The number of halogens is 1. The number of benzene rings is 2. The molecule has 0 saturated heterocycles. The SMILES string of the molecule is O=C(COc1ccccc1Cl)NCCCN1CCCc2ccccc21. The summed E-state index contributed by atoms with van der Waals surface area (Å²) in [6, 6.07) is 15.7. The summed E-state index contributed by atoms with van der Waals surface area (Å²) in [5.74, 6) is 0.406. The van der Waals surface area contributed by atoms with Crippen molar-refractivity contribution < 1.29 is 9.53 Å². The van der Waals surface area contributed by atoms with E-state index in [1.165, 1.54) is 17.7 Å². The number of rotatable bonds is 7. The first kappa shape index (κ1) is 17.6. The molecule has 1 heterocycles. The second-order valence-corrected chi connectivity index (χ2v) is 6.55. The molecule has 132 valence electrons. The fraction of sp³-hybridized carbons (Fsp3) is 0.350. The Labute approximate surface area is 153 Å². The van der Waals surface area contributed by atoms with E-state index in [2.05, 4.69) is 34.5 Å². The van der Waals surface area contributed by atoms with Crippen LogP contribution in [0.1, 0.15) is 18.4 Å². The lowest BCUT2D eigenvalue weighted by Gasteiger charge is -2.31. The van der Waals surface area contributed by atoms with Gasteiger partial charge in [0.25, 0.3) is 5.91 Å². The van der Waals surface area contributed by atoms with Crippen LogP contribution >= 0.6 is 11.6 Å². The maximum atomic E-state index is 11.9. The molecule has 1 aliphatic rings. The van der Waals surface area contributed by atoms with Crippen molar-refractivity contribution in [3.8, 4) is 5.75 Å². The molecule has 1 N–H and O–H groups in total. The number of aryl methyl sites for hydroxylation is 1. The van der Waals surface area contributed by atoms with Crippen LogP contribution in [0.4, 0.5) is 5.69 Å². The van der Waals surface area contributed by atoms with Crippen molar-refractivity contribution in [3.05, 3.63) is 59.1 Å². The second kappa shape index (κ2) is 8.77. The maximum Gasteiger partial charge on any atom is 0.257 e. The standard InChI is InChI=1S/C20H23ClN2O2/c21-17-9-2-4-11-19(17)25-15-20(24)22-12-6-14-23-13-5-8-16-7-1-3-10-18(16)23/h1-4,7,9-11H,5-6,8,12-15H2,(H,22,24). The van der Waals surface area contributed by atoms with Gasteiger partial charge in [0.2, 0.25) is 0 Å². The average Bonchev–Trinajstić information content (AvgIpc) is 2.64. The van der Waals surface area contributed by atoms with Crippen LogP contribution in [-0.2, 0) is 11.2 Å². The highest BCUT2D eigenvalue weighted by Gasteiger charge is 2.15. The highest BCUT2D eigenvalue weighted by molar-refractivity contribution is 6.32. The molecule has 3 rings (SSSR count). The molecular weight excluding hydrogens is 336 g/mol. The third-order valence-corrected chi connectivity index (χ3v) is 4.64. The van der Waals surface area contributed by atoms with E-state index >= 15 is 0 Å². The van der Waals surface area contributed by atoms with Crippen molar-refractivity contribution >= 4 is 23.2 Å². The molecule has 25 heavy (non-hydrogen) atoms.